The van der Waals surface area contributed by atoms with Crippen LogP contribution in [-0.4, -0.2) is 9.55 Å². The molecule has 2 nitrogen and oxygen atoms in total. The van der Waals surface area contributed by atoms with Crippen LogP contribution in [0.3, 0.4) is 0 Å². The fourth-order valence-corrected chi connectivity index (χ4v) is 3.38. The normalized spacial score (nSPS) is 14.5. The molecule has 0 aliphatic rings. The van der Waals surface area contributed by atoms with Crippen molar-refractivity contribution in [1.82, 2.24) is 9.55 Å². The minimum Gasteiger partial charge on any atom is -0.317 e. The van der Waals surface area contributed by atoms with Gasteiger partial charge in [-0.3, -0.25) is 0 Å². The van der Waals surface area contributed by atoms with Crippen molar-refractivity contribution in [3.63, 3.8) is 0 Å². The summed E-state index contributed by atoms with van der Waals surface area (Å²) in [6.07, 6.45) is 0. The Labute approximate surface area is 130 Å². The van der Waals surface area contributed by atoms with Gasteiger partial charge in [0, 0.05) is 0 Å². The van der Waals surface area contributed by atoms with E-state index in [-0.39, 0.29) is 11.6 Å². The molecule has 2 aromatic heterocycles. The topological polar surface area (TPSA) is 17.8 Å². The maximum atomic E-state index is 14.3. The van der Waals surface area contributed by atoms with Gasteiger partial charge in [0.25, 0.3) is 0 Å². The third-order valence-corrected chi connectivity index (χ3v) is 4.44. The zero-order valence-electron chi connectivity index (χ0n) is 11.5. The number of halogens is 3. The molecule has 110 valence electrons. The van der Waals surface area contributed by atoms with Gasteiger partial charge in [-0.05, 0) is 48.4 Å². The van der Waals surface area contributed by atoms with E-state index < -0.39 is 17.0 Å². The van der Waals surface area contributed by atoms with Gasteiger partial charge in [-0.25, -0.2) is 13.8 Å². The van der Waals surface area contributed by atoms with E-state index in [1.54, 1.807) is 22.8 Å². The maximum Gasteiger partial charge on any atom is 0.184 e. The molecule has 0 fully saturated rings. The van der Waals surface area contributed by atoms with E-state index >= 15 is 0 Å². The van der Waals surface area contributed by atoms with Crippen LogP contribution in [-0.2, 0) is 0 Å². The van der Waals surface area contributed by atoms with E-state index in [0.717, 1.165) is 11.6 Å². The molecule has 3 rings (SSSR count). The van der Waals surface area contributed by atoms with Crippen molar-refractivity contribution >= 4 is 34.0 Å². The number of hydrogen-bond acceptors (Lipinski definition) is 2. The second-order valence-electron chi connectivity index (χ2n) is 4.92. The highest BCUT2D eigenvalue weighted by molar-refractivity contribution is 7.07. The highest BCUT2D eigenvalue weighted by atomic mass is 35.5. The lowest BCUT2D eigenvalue weighted by Gasteiger charge is -2.18. The molecule has 3 aromatic rings. The van der Waals surface area contributed by atoms with Crippen LogP contribution >= 0.6 is 22.9 Å². The zero-order valence-corrected chi connectivity index (χ0v) is 13.1. The molecule has 1 aromatic carbocycles. The molecule has 0 aliphatic heterocycles. The summed E-state index contributed by atoms with van der Waals surface area (Å²) < 4.78 is 29.5. The van der Waals surface area contributed by atoms with Crippen molar-refractivity contribution in [2.45, 2.75) is 25.3 Å². The van der Waals surface area contributed by atoms with Crippen molar-refractivity contribution < 1.29 is 8.78 Å². The molecule has 2 heterocycles. The molecule has 0 spiro atoms. The zero-order chi connectivity index (χ0) is 15.1. The summed E-state index contributed by atoms with van der Waals surface area (Å²) in [5.41, 5.74) is 1.59. The van der Waals surface area contributed by atoms with Crippen LogP contribution in [0.5, 0.6) is 0 Å². The summed E-state index contributed by atoms with van der Waals surface area (Å²) in [7, 11) is 0. The number of rotatable bonds is 3. The van der Waals surface area contributed by atoms with Crippen molar-refractivity contribution in [2.75, 3.05) is 0 Å². The lowest BCUT2D eigenvalue weighted by Crippen LogP contribution is -2.11. The first-order valence-corrected chi connectivity index (χ1v) is 7.90. The Morgan fingerprint density at radius 1 is 1.24 bits per heavy atom. The van der Waals surface area contributed by atoms with Crippen molar-refractivity contribution in [3.8, 4) is 0 Å². The van der Waals surface area contributed by atoms with E-state index in [4.69, 9.17) is 11.6 Å². The maximum absolute atomic E-state index is 14.3. The van der Waals surface area contributed by atoms with Gasteiger partial charge in [0.1, 0.15) is 11.3 Å². The third kappa shape index (κ3) is 2.34. The molecule has 0 bridgehead atoms. The summed E-state index contributed by atoms with van der Waals surface area (Å²) in [5, 5.41) is 3.53. The molecule has 2 unspecified atom stereocenters. The number of thiophene rings is 1. The van der Waals surface area contributed by atoms with Crippen molar-refractivity contribution in [2.24, 2.45) is 0 Å². The van der Waals surface area contributed by atoms with Gasteiger partial charge in [-0.2, -0.15) is 11.3 Å². The molecular formula is C15H13ClF2N2S. The first-order valence-electron chi connectivity index (χ1n) is 6.52. The smallest absolute Gasteiger partial charge is 0.184 e. The number of benzene rings is 1. The molecule has 0 saturated carbocycles. The van der Waals surface area contributed by atoms with Crippen LogP contribution in [0.1, 0.15) is 36.7 Å². The number of nitrogens with zero attached hydrogens (tertiary/aromatic N) is 2. The number of fused-ring (bicyclic) bond motifs is 1. The average Bonchev–Trinajstić information content (AvgIpc) is 3.09. The Hall–Kier alpha value is -1.46. The first kappa shape index (κ1) is 14.5. The van der Waals surface area contributed by atoms with E-state index in [1.165, 1.54) is 6.07 Å². The lowest BCUT2D eigenvalue weighted by molar-refractivity contribution is 0.507. The quantitative estimate of drug-likeness (QED) is 0.598. The molecular weight excluding hydrogens is 314 g/mol. The molecule has 21 heavy (non-hydrogen) atoms. The Kier molecular flexibility index (Phi) is 3.71. The van der Waals surface area contributed by atoms with Gasteiger partial charge in [-0.15, -0.1) is 11.6 Å². The summed E-state index contributed by atoms with van der Waals surface area (Å²) in [6.45, 7) is 3.70. The van der Waals surface area contributed by atoms with Gasteiger partial charge in [-0.1, -0.05) is 0 Å². The molecule has 6 heteroatoms. The first-order chi connectivity index (χ1) is 10.0. The van der Waals surface area contributed by atoms with E-state index in [2.05, 4.69) is 4.98 Å². The number of hydrogen-bond donors (Lipinski definition) is 0. The minimum atomic E-state index is -0.884. The number of alkyl halides is 1. The van der Waals surface area contributed by atoms with Crippen LogP contribution < -0.4 is 0 Å². The van der Waals surface area contributed by atoms with Crippen LogP contribution in [0.4, 0.5) is 8.78 Å². The highest BCUT2D eigenvalue weighted by Gasteiger charge is 2.24. The predicted octanol–water partition coefficient (Wildman–Crippen LogP) is 5.29. The molecule has 0 N–H and O–H groups in total. The largest absolute Gasteiger partial charge is 0.317 e. The Bertz CT molecular complexity index is 781. The second kappa shape index (κ2) is 5.39. The monoisotopic (exact) mass is 326 g/mol. The van der Waals surface area contributed by atoms with Gasteiger partial charge in [0.05, 0.1) is 16.9 Å². The molecule has 0 radical (unpaired) electrons. The average molecular weight is 327 g/mol. The van der Waals surface area contributed by atoms with Crippen LogP contribution in [0.15, 0.2) is 29.0 Å². The fraction of sp³-hybridized carbons (Fsp3) is 0.267. The number of aromatic nitrogens is 2. The summed E-state index contributed by atoms with van der Waals surface area (Å²) in [4.78, 5) is 4.37. The molecule has 0 saturated heterocycles. The van der Waals surface area contributed by atoms with Crippen LogP contribution in [0.2, 0.25) is 0 Å². The fourth-order valence-electron chi connectivity index (χ4n) is 2.48. The highest BCUT2D eigenvalue weighted by Crippen LogP contribution is 2.33. The minimum absolute atomic E-state index is 0.163. The standard InChI is InChI=1S/C15H13ClF2N2S/c1-8(16)15-19-12-4-3-11(17)13(18)14(12)20(15)9(2)10-5-6-21-7-10/h3-9H,1-2H3. The van der Waals surface area contributed by atoms with E-state index in [0.29, 0.717) is 11.3 Å². The Morgan fingerprint density at radius 3 is 2.62 bits per heavy atom. The van der Waals surface area contributed by atoms with Crippen molar-refractivity contribution in [3.05, 3.63) is 52.0 Å². The molecule has 2 atom stereocenters. The van der Waals surface area contributed by atoms with E-state index in [9.17, 15) is 8.78 Å². The summed E-state index contributed by atoms with van der Waals surface area (Å²) in [5.74, 6) is -1.23. The van der Waals surface area contributed by atoms with Crippen molar-refractivity contribution in [1.29, 1.82) is 0 Å². The summed E-state index contributed by atoms with van der Waals surface area (Å²) >= 11 is 7.74. The van der Waals surface area contributed by atoms with Gasteiger partial charge < -0.3 is 4.57 Å². The lowest BCUT2D eigenvalue weighted by atomic mass is 10.1. The van der Waals surface area contributed by atoms with Gasteiger partial charge in [0.15, 0.2) is 11.6 Å². The third-order valence-electron chi connectivity index (χ3n) is 3.54. The molecule has 0 aliphatic carbocycles. The van der Waals surface area contributed by atoms with Crippen LogP contribution in [0.25, 0.3) is 11.0 Å². The van der Waals surface area contributed by atoms with Gasteiger partial charge >= 0.3 is 0 Å². The van der Waals surface area contributed by atoms with Crippen LogP contribution in [0, 0.1) is 11.6 Å². The molecule has 0 amide bonds. The Balaban J connectivity index is 2.32. The van der Waals surface area contributed by atoms with Gasteiger partial charge in [0.2, 0.25) is 0 Å². The summed E-state index contributed by atoms with van der Waals surface area (Å²) in [6, 6.07) is 4.36. The Morgan fingerprint density at radius 2 is 2.00 bits per heavy atom. The second-order valence-corrected chi connectivity index (χ2v) is 6.35. The predicted molar refractivity (Wildman–Crippen MR) is 82.0 cm³/mol. The number of imidazole rings is 1. The SMILES string of the molecule is CC(Cl)c1nc2ccc(F)c(F)c2n1C(C)c1ccsc1. The van der Waals surface area contributed by atoms with E-state index in [1.807, 2.05) is 23.8 Å².